The van der Waals surface area contributed by atoms with Crippen molar-refractivity contribution in [2.75, 3.05) is 11.9 Å². The minimum absolute atomic E-state index is 0.00156. The van der Waals surface area contributed by atoms with Gasteiger partial charge in [0.2, 0.25) is 10.0 Å². The van der Waals surface area contributed by atoms with E-state index in [-0.39, 0.29) is 41.3 Å². The standard InChI is InChI=1S/C25H23FN4O4S/c1-17(18-5-11-22(12-6-18)30-25(32)19-3-9-21(26)10-4-19)29-24(31)20-7-13-23(14-8-20)35(33,34)28-16-2-15-27/h3-14,17,28H,2,16H2,1H3,(H,29,31)(H,30,32). The van der Waals surface area contributed by atoms with Gasteiger partial charge >= 0.3 is 0 Å². The van der Waals surface area contributed by atoms with Crippen LogP contribution >= 0.6 is 0 Å². The number of hydrogen-bond acceptors (Lipinski definition) is 5. The van der Waals surface area contributed by atoms with Crippen LogP contribution in [-0.4, -0.2) is 26.8 Å². The van der Waals surface area contributed by atoms with Crippen LogP contribution in [-0.2, 0) is 10.0 Å². The molecule has 0 aliphatic carbocycles. The van der Waals surface area contributed by atoms with E-state index in [4.69, 9.17) is 5.26 Å². The molecule has 0 saturated heterocycles. The fourth-order valence-electron chi connectivity index (χ4n) is 3.13. The summed E-state index contributed by atoms with van der Waals surface area (Å²) in [6.45, 7) is 1.80. The number of hydrogen-bond donors (Lipinski definition) is 3. The first-order chi connectivity index (χ1) is 16.7. The Morgan fingerprint density at radius 3 is 2.09 bits per heavy atom. The lowest BCUT2D eigenvalue weighted by Crippen LogP contribution is -2.27. The van der Waals surface area contributed by atoms with Crippen LogP contribution in [0.4, 0.5) is 10.1 Å². The summed E-state index contributed by atoms with van der Waals surface area (Å²) in [7, 11) is -3.75. The van der Waals surface area contributed by atoms with Crippen molar-refractivity contribution in [2.24, 2.45) is 0 Å². The molecular weight excluding hydrogens is 471 g/mol. The Labute approximate surface area is 202 Å². The van der Waals surface area contributed by atoms with E-state index < -0.39 is 15.8 Å². The summed E-state index contributed by atoms with van der Waals surface area (Å²) in [5.74, 6) is -1.18. The van der Waals surface area contributed by atoms with Gasteiger partial charge in [-0.15, -0.1) is 0 Å². The number of benzene rings is 3. The van der Waals surface area contributed by atoms with Gasteiger partial charge in [-0.1, -0.05) is 12.1 Å². The number of carbonyl (C=O) groups excluding carboxylic acids is 2. The van der Waals surface area contributed by atoms with Gasteiger partial charge in [0.1, 0.15) is 5.82 Å². The first-order valence-electron chi connectivity index (χ1n) is 10.6. The normalized spacial score (nSPS) is 11.8. The van der Waals surface area contributed by atoms with Crippen LogP contribution in [0.2, 0.25) is 0 Å². The fourth-order valence-corrected chi connectivity index (χ4v) is 4.16. The molecule has 8 nitrogen and oxygen atoms in total. The number of nitrogens with one attached hydrogen (secondary N) is 3. The van der Waals surface area contributed by atoms with Gasteiger partial charge in [0.25, 0.3) is 11.8 Å². The summed E-state index contributed by atoms with van der Waals surface area (Å²) in [6, 6.07) is 19.1. The van der Waals surface area contributed by atoms with Crippen LogP contribution in [0.1, 0.15) is 45.7 Å². The number of sulfonamides is 1. The lowest BCUT2D eigenvalue weighted by Gasteiger charge is -2.15. The summed E-state index contributed by atoms with van der Waals surface area (Å²) in [4.78, 5) is 24.8. The van der Waals surface area contributed by atoms with E-state index in [1.165, 1.54) is 48.5 Å². The quantitative estimate of drug-likeness (QED) is 0.390. The molecule has 0 fully saturated rings. The molecule has 0 aromatic heterocycles. The molecule has 3 aromatic rings. The zero-order valence-corrected chi connectivity index (χ0v) is 19.6. The second-order valence-electron chi connectivity index (χ2n) is 7.61. The Hall–Kier alpha value is -4.07. The highest BCUT2D eigenvalue weighted by Crippen LogP contribution is 2.18. The van der Waals surface area contributed by atoms with Crippen molar-refractivity contribution in [3.8, 4) is 6.07 Å². The minimum atomic E-state index is -3.75. The summed E-state index contributed by atoms with van der Waals surface area (Å²) in [6.07, 6.45) is 0.0548. The predicted octanol–water partition coefficient (Wildman–Crippen LogP) is 3.76. The van der Waals surface area contributed by atoms with Crippen molar-refractivity contribution in [2.45, 2.75) is 24.3 Å². The first-order valence-corrected chi connectivity index (χ1v) is 12.1. The van der Waals surface area contributed by atoms with E-state index in [1.807, 2.05) is 6.07 Å². The minimum Gasteiger partial charge on any atom is -0.346 e. The van der Waals surface area contributed by atoms with Gasteiger partial charge in [0, 0.05) is 29.8 Å². The van der Waals surface area contributed by atoms with Crippen LogP contribution in [0.15, 0.2) is 77.7 Å². The number of halogens is 1. The highest BCUT2D eigenvalue weighted by molar-refractivity contribution is 7.89. The van der Waals surface area contributed by atoms with Crippen molar-refractivity contribution in [3.63, 3.8) is 0 Å². The Balaban J connectivity index is 1.58. The summed E-state index contributed by atoms with van der Waals surface area (Å²) >= 11 is 0. The molecular formula is C25H23FN4O4S. The van der Waals surface area contributed by atoms with E-state index in [2.05, 4.69) is 15.4 Å². The van der Waals surface area contributed by atoms with Gasteiger partial charge in [-0.3, -0.25) is 9.59 Å². The van der Waals surface area contributed by atoms with Crippen LogP contribution in [0.3, 0.4) is 0 Å². The second-order valence-corrected chi connectivity index (χ2v) is 9.38. The molecule has 180 valence electrons. The number of nitriles is 1. The van der Waals surface area contributed by atoms with Crippen molar-refractivity contribution in [3.05, 3.63) is 95.3 Å². The Morgan fingerprint density at radius 2 is 1.49 bits per heavy atom. The molecule has 2 amide bonds. The Bertz CT molecular complexity index is 1330. The molecule has 0 bridgehead atoms. The van der Waals surface area contributed by atoms with Crippen molar-refractivity contribution >= 4 is 27.5 Å². The van der Waals surface area contributed by atoms with Crippen LogP contribution in [0.5, 0.6) is 0 Å². The number of anilines is 1. The molecule has 0 heterocycles. The smallest absolute Gasteiger partial charge is 0.255 e. The lowest BCUT2D eigenvalue weighted by atomic mass is 10.1. The molecule has 0 aliphatic rings. The number of rotatable bonds is 9. The van der Waals surface area contributed by atoms with Gasteiger partial charge in [-0.05, 0) is 73.2 Å². The van der Waals surface area contributed by atoms with Gasteiger partial charge in [-0.2, -0.15) is 5.26 Å². The highest BCUT2D eigenvalue weighted by Gasteiger charge is 2.16. The molecule has 0 spiro atoms. The number of amides is 2. The molecule has 0 radical (unpaired) electrons. The number of nitrogens with zero attached hydrogens (tertiary/aromatic N) is 1. The third-order valence-electron chi connectivity index (χ3n) is 5.08. The molecule has 10 heteroatoms. The second kappa shape index (κ2) is 11.4. The molecule has 3 rings (SSSR count). The van der Waals surface area contributed by atoms with E-state index in [9.17, 15) is 22.4 Å². The molecule has 3 aromatic carbocycles. The maximum atomic E-state index is 13.0. The van der Waals surface area contributed by atoms with E-state index in [0.717, 1.165) is 5.56 Å². The van der Waals surface area contributed by atoms with Crippen molar-refractivity contribution in [1.29, 1.82) is 5.26 Å². The molecule has 1 atom stereocenters. The van der Waals surface area contributed by atoms with Gasteiger partial charge < -0.3 is 10.6 Å². The monoisotopic (exact) mass is 494 g/mol. The molecule has 1 unspecified atom stereocenters. The van der Waals surface area contributed by atoms with Crippen LogP contribution in [0, 0.1) is 17.1 Å². The Kier molecular flexibility index (Phi) is 8.30. The van der Waals surface area contributed by atoms with Gasteiger partial charge in [-0.25, -0.2) is 17.5 Å². The average molecular weight is 495 g/mol. The summed E-state index contributed by atoms with van der Waals surface area (Å²) < 4.78 is 39.7. The average Bonchev–Trinajstić information content (AvgIpc) is 2.85. The SMILES string of the molecule is CC(NC(=O)c1ccc(S(=O)(=O)NCCC#N)cc1)c1ccc(NC(=O)c2ccc(F)cc2)cc1. The topological polar surface area (TPSA) is 128 Å². The Morgan fingerprint density at radius 1 is 0.914 bits per heavy atom. The van der Waals surface area contributed by atoms with Crippen LogP contribution < -0.4 is 15.4 Å². The summed E-state index contributed by atoms with van der Waals surface area (Å²) in [5, 5.41) is 14.1. The predicted molar refractivity (Wildman–Crippen MR) is 129 cm³/mol. The van der Waals surface area contributed by atoms with Crippen molar-refractivity contribution in [1.82, 2.24) is 10.0 Å². The first kappa shape index (κ1) is 25.6. The number of carbonyl (C=O) groups is 2. The zero-order chi connectivity index (χ0) is 25.4. The highest BCUT2D eigenvalue weighted by atomic mass is 32.2. The molecule has 0 aliphatic heterocycles. The van der Waals surface area contributed by atoms with Crippen molar-refractivity contribution < 1.29 is 22.4 Å². The maximum absolute atomic E-state index is 13.0. The molecule has 3 N–H and O–H groups in total. The summed E-state index contributed by atoms with van der Waals surface area (Å²) in [5.41, 5.74) is 1.95. The van der Waals surface area contributed by atoms with Gasteiger partial charge in [0.05, 0.1) is 17.0 Å². The van der Waals surface area contributed by atoms with E-state index in [1.54, 1.807) is 31.2 Å². The largest absolute Gasteiger partial charge is 0.346 e. The van der Waals surface area contributed by atoms with Crippen LogP contribution in [0.25, 0.3) is 0 Å². The van der Waals surface area contributed by atoms with Gasteiger partial charge in [0.15, 0.2) is 0 Å². The third kappa shape index (κ3) is 6.96. The van der Waals surface area contributed by atoms with E-state index in [0.29, 0.717) is 11.3 Å². The third-order valence-corrected chi connectivity index (χ3v) is 6.56. The fraction of sp³-hybridized carbons (Fsp3) is 0.160. The lowest BCUT2D eigenvalue weighted by molar-refractivity contribution is 0.0939. The van der Waals surface area contributed by atoms with E-state index >= 15 is 0 Å². The maximum Gasteiger partial charge on any atom is 0.255 e. The zero-order valence-electron chi connectivity index (χ0n) is 18.8. The molecule has 0 saturated carbocycles. The molecule has 35 heavy (non-hydrogen) atoms.